The van der Waals surface area contributed by atoms with Crippen LogP contribution in [0.5, 0.6) is 11.5 Å². The Labute approximate surface area is 158 Å². The molecular weight excluding hydrogens is 358 g/mol. The molecule has 26 heavy (non-hydrogen) atoms. The van der Waals surface area contributed by atoms with Crippen molar-refractivity contribution in [2.45, 2.75) is 44.8 Å². The Hall–Kier alpha value is -2.21. The Balaban J connectivity index is 1.94. The van der Waals surface area contributed by atoms with Crippen molar-refractivity contribution in [2.75, 3.05) is 14.2 Å². The van der Waals surface area contributed by atoms with Gasteiger partial charge in [-0.25, -0.2) is 4.79 Å². The number of methoxy groups -OCH3 is 2. The minimum absolute atomic E-state index is 0.188. The molecule has 0 aromatic heterocycles. The maximum Gasteiger partial charge on any atom is 0.331 e. The van der Waals surface area contributed by atoms with E-state index >= 15 is 0 Å². The number of nitrogens with one attached hydrogen (secondary N) is 1. The van der Waals surface area contributed by atoms with Crippen LogP contribution in [0.15, 0.2) is 18.2 Å². The molecule has 1 aliphatic carbocycles. The van der Waals surface area contributed by atoms with Crippen LogP contribution >= 0.6 is 11.6 Å². The number of carbonyl (C=O) groups excluding carboxylic acids is 2. The number of ether oxygens (including phenoxy) is 3. The van der Waals surface area contributed by atoms with E-state index in [0.29, 0.717) is 22.1 Å². The summed E-state index contributed by atoms with van der Waals surface area (Å²) in [6.07, 6.45) is 6.14. The summed E-state index contributed by atoms with van der Waals surface area (Å²) in [7, 11) is 3.00. The van der Waals surface area contributed by atoms with E-state index in [1.165, 1.54) is 26.4 Å². The fourth-order valence-corrected chi connectivity index (χ4v) is 3.15. The lowest BCUT2D eigenvalue weighted by Crippen LogP contribution is -2.40. The van der Waals surface area contributed by atoms with Gasteiger partial charge in [-0.1, -0.05) is 24.4 Å². The zero-order valence-electron chi connectivity index (χ0n) is 15.2. The Kier molecular flexibility index (Phi) is 7.33. The fourth-order valence-electron chi connectivity index (χ4n) is 2.85. The summed E-state index contributed by atoms with van der Waals surface area (Å²) in [6.45, 7) is 1.56. The van der Waals surface area contributed by atoms with Crippen molar-refractivity contribution in [1.82, 2.24) is 5.32 Å². The third-order valence-corrected chi connectivity index (χ3v) is 4.51. The number of benzene rings is 1. The maximum atomic E-state index is 12.0. The van der Waals surface area contributed by atoms with Crippen molar-refractivity contribution in [2.24, 2.45) is 0 Å². The molecule has 6 nitrogen and oxygen atoms in total. The highest BCUT2D eigenvalue weighted by molar-refractivity contribution is 6.32. The molecule has 1 atom stereocenters. The fraction of sp³-hybridized carbons (Fsp3) is 0.474. The molecule has 0 radical (unpaired) electrons. The molecule has 142 valence electrons. The average molecular weight is 382 g/mol. The van der Waals surface area contributed by atoms with Gasteiger partial charge in [-0.2, -0.15) is 0 Å². The molecule has 1 amide bonds. The highest BCUT2D eigenvalue weighted by atomic mass is 35.5. The van der Waals surface area contributed by atoms with Crippen LogP contribution in [0.1, 0.15) is 38.2 Å². The second kappa shape index (κ2) is 9.48. The van der Waals surface area contributed by atoms with Crippen LogP contribution in [0.4, 0.5) is 0 Å². The van der Waals surface area contributed by atoms with Crippen molar-refractivity contribution >= 4 is 29.6 Å². The molecule has 0 saturated heterocycles. The second-order valence-electron chi connectivity index (χ2n) is 6.14. The van der Waals surface area contributed by atoms with Crippen LogP contribution in [0, 0.1) is 0 Å². The second-order valence-corrected chi connectivity index (χ2v) is 6.55. The summed E-state index contributed by atoms with van der Waals surface area (Å²) in [6, 6.07) is 3.52. The van der Waals surface area contributed by atoms with E-state index in [0.717, 1.165) is 25.7 Å². The smallest absolute Gasteiger partial charge is 0.331 e. The lowest BCUT2D eigenvalue weighted by molar-refractivity contribution is -0.150. The van der Waals surface area contributed by atoms with Crippen LogP contribution < -0.4 is 14.8 Å². The van der Waals surface area contributed by atoms with Gasteiger partial charge in [0.05, 0.1) is 19.2 Å². The van der Waals surface area contributed by atoms with Crippen LogP contribution in [-0.2, 0) is 14.3 Å². The van der Waals surface area contributed by atoms with Gasteiger partial charge in [0, 0.05) is 12.1 Å². The first-order valence-corrected chi connectivity index (χ1v) is 8.93. The normalized spacial score (nSPS) is 15.7. The minimum Gasteiger partial charge on any atom is -0.493 e. The molecule has 1 aromatic carbocycles. The number of amides is 1. The van der Waals surface area contributed by atoms with Crippen molar-refractivity contribution in [3.63, 3.8) is 0 Å². The molecular formula is C19H24ClNO5. The number of hydrogen-bond donors (Lipinski definition) is 1. The standard InChI is InChI=1S/C19H24ClNO5/c1-12(19(23)21-14-6-4-5-7-14)26-17(22)9-8-13-10-15(20)18(25-3)16(11-13)24-2/h8-12,14H,4-7H2,1-3H3,(H,21,23). The lowest BCUT2D eigenvalue weighted by Gasteiger charge is -2.16. The maximum absolute atomic E-state index is 12.0. The van der Waals surface area contributed by atoms with E-state index in [1.54, 1.807) is 19.1 Å². The first kappa shape index (κ1) is 20.1. The van der Waals surface area contributed by atoms with Crippen molar-refractivity contribution in [3.8, 4) is 11.5 Å². The molecule has 0 bridgehead atoms. The Morgan fingerprint density at radius 3 is 2.54 bits per heavy atom. The molecule has 1 N–H and O–H groups in total. The Bertz CT molecular complexity index is 683. The number of hydrogen-bond acceptors (Lipinski definition) is 5. The van der Waals surface area contributed by atoms with Gasteiger partial charge in [-0.3, -0.25) is 4.79 Å². The molecule has 0 aliphatic heterocycles. The first-order valence-electron chi connectivity index (χ1n) is 8.55. The predicted molar refractivity (Wildman–Crippen MR) is 99.5 cm³/mol. The van der Waals surface area contributed by atoms with Gasteiger partial charge in [0.1, 0.15) is 0 Å². The van der Waals surface area contributed by atoms with Crippen LogP contribution in [0.25, 0.3) is 6.08 Å². The number of carbonyl (C=O) groups is 2. The zero-order chi connectivity index (χ0) is 19.1. The van der Waals surface area contributed by atoms with Gasteiger partial charge in [0.15, 0.2) is 17.6 Å². The van der Waals surface area contributed by atoms with E-state index in [-0.39, 0.29) is 11.9 Å². The SMILES string of the molecule is COc1cc(C=CC(=O)OC(C)C(=O)NC2CCCC2)cc(Cl)c1OC. The van der Waals surface area contributed by atoms with E-state index < -0.39 is 12.1 Å². The molecule has 2 rings (SSSR count). The van der Waals surface area contributed by atoms with Gasteiger partial charge in [0.2, 0.25) is 0 Å². The van der Waals surface area contributed by atoms with E-state index in [9.17, 15) is 9.59 Å². The topological polar surface area (TPSA) is 73.9 Å². The molecule has 7 heteroatoms. The van der Waals surface area contributed by atoms with Gasteiger partial charge >= 0.3 is 5.97 Å². The highest BCUT2D eigenvalue weighted by Crippen LogP contribution is 2.36. The summed E-state index contributed by atoms with van der Waals surface area (Å²) >= 11 is 6.13. The largest absolute Gasteiger partial charge is 0.493 e. The van der Waals surface area contributed by atoms with Crippen LogP contribution in [0.3, 0.4) is 0 Å². The Morgan fingerprint density at radius 2 is 1.92 bits per heavy atom. The van der Waals surface area contributed by atoms with Crippen molar-refractivity contribution in [3.05, 3.63) is 28.8 Å². The monoisotopic (exact) mass is 381 g/mol. The molecule has 0 heterocycles. The minimum atomic E-state index is -0.846. The first-order chi connectivity index (χ1) is 12.4. The summed E-state index contributed by atoms with van der Waals surface area (Å²) < 4.78 is 15.5. The van der Waals surface area contributed by atoms with Crippen molar-refractivity contribution < 1.29 is 23.8 Å². The summed E-state index contributed by atoms with van der Waals surface area (Å²) in [4.78, 5) is 24.0. The van der Waals surface area contributed by atoms with Gasteiger partial charge in [0.25, 0.3) is 5.91 Å². The van der Waals surface area contributed by atoms with Gasteiger partial charge in [-0.15, -0.1) is 0 Å². The van der Waals surface area contributed by atoms with Gasteiger partial charge in [-0.05, 0) is 43.5 Å². The van der Waals surface area contributed by atoms with E-state index in [4.69, 9.17) is 25.8 Å². The lowest BCUT2D eigenvalue weighted by atomic mass is 10.2. The third kappa shape index (κ3) is 5.39. The number of halogens is 1. The summed E-state index contributed by atoms with van der Waals surface area (Å²) in [5.74, 6) is 0.00113. The van der Waals surface area contributed by atoms with Crippen LogP contribution in [0.2, 0.25) is 5.02 Å². The summed E-state index contributed by atoms with van der Waals surface area (Å²) in [5.41, 5.74) is 0.646. The average Bonchev–Trinajstić information content (AvgIpc) is 3.12. The quantitative estimate of drug-likeness (QED) is 0.579. The molecule has 1 aromatic rings. The summed E-state index contributed by atoms with van der Waals surface area (Å²) in [5, 5.41) is 3.27. The zero-order valence-corrected chi connectivity index (χ0v) is 16.0. The molecule has 1 fully saturated rings. The van der Waals surface area contributed by atoms with Crippen LogP contribution in [-0.4, -0.2) is 38.2 Å². The molecule has 1 unspecified atom stereocenters. The molecule has 1 saturated carbocycles. The van der Waals surface area contributed by atoms with E-state index in [1.807, 2.05) is 0 Å². The number of rotatable bonds is 7. The van der Waals surface area contributed by atoms with E-state index in [2.05, 4.69) is 5.32 Å². The highest BCUT2D eigenvalue weighted by Gasteiger charge is 2.22. The Morgan fingerprint density at radius 1 is 1.23 bits per heavy atom. The predicted octanol–water partition coefficient (Wildman–Crippen LogP) is 3.36. The number of esters is 1. The third-order valence-electron chi connectivity index (χ3n) is 4.23. The van der Waals surface area contributed by atoms with Gasteiger partial charge < -0.3 is 19.5 Å². The molecule has 0 spiro atoms. The van der Waals surface area contributed by atoms with Crippen molar-refractivity contribution in [1.29, 1.82) is 0 Å². The molecule has 1 aliphatic rings.